The van der Waals surface area contributed by atoms with Crippen molar-refractivity contribution in [3.05, 3.63) is 0 Å². The van der Waals surface area contributed by atoms with E-state index in [1.54, 1.807) is 0 Å². The first-order valence-electron chi connectivity index (χ1n) is 5.60. The van der Waals surface area contributed by atoms with Gasteiger partial charge in [-0.05, 0) is 43.9 Å². The smallest absolute Gasteiger partial charge is 0.00994 e. The van der Waals surface area contributed by atoms with Crippen molar-refractivity contribution >= 4 is 0 Å². The van der Waals surface area contributed by atoms with Gasteiger partial charge in [-0.25, -0.2) is 0 Å². The first kappa shape index (κ1) is 7.37. The van der Waals surface area contributed by atoms with Gasteiger partial charge in [-0.3, -0.25) is 4.90 Å². The molecule has 3 aliphatic rings. The molecule has 1 nitrogen and oxygen atoms in total. The Labute approximate surface area is 75.1 Å². The van der Waals surface area contributed by atoms with Gasteiger partial charge in [0, 0.05) is 18.6 Å². The molecule has 0 amide bonds. The summed E-state index contributed by atoms with van der Waals surface area (Å²) in [7, 11) is 0. The second-order valence-corrected chi connectivity index (χ2v) is 5.13. The Morgan fingerprint density at radius 2 is 1.58 bits per heavy atom. The maximum atomic E-state index is 2.83. The lowest BCUT2D eigenvalue weighted by Gasteiger charge is -2.21. The second-order valence-electron chi connectivity index (χ2n) is 5.13. The van der Waals surface area contributed by atoms with Gasteiger partial charge in [0.15, 0.2) is 0 Å². The Hall–Kier alpha value is -0.0400. The summed E-state index contributed by atoms with van der Waals surface area (Å²) in [5.74, 6) is 2.12. The first-order valence-corrected chi connectivity index (χ1v) is 5.60. The molecule has 2 heterocycles. The van der Waals surface area contributed by atoms with Crippen LogP contribution in [-0.2, 0) is 0 Å². The van der Waals surface area contributed by atoms with Gasteiger partial charge in [0.05, 0.1) is 0 Å². The number of hydrogen-bond acceptors (Lipinski definition) is 1. The SMILES string of the molecule is CC1CC1CN1C2CCC1CC2. The van der Waals surface area contributed by atoms with E-state index in [9.17, 15) is 0 Å². The summed E-state index contributed by atoms with van der Waals surface area (Å²) in [6, 6.07) is 2.01. The molecule has 0 aromatic heterocycles. The van der Waals surface area contributed by atoms with Gasteiger partial charge >= 0.3 is 0 Å². The molecule has 0 N–H and O–H groups in total. The highest BCUT2D eigenvalue weighted by atomic mass is 15.2. The Kier molecular flexibility index (Phi) is 1.52. The van der Waals surface area contributed by atoms with Gasteiger partial charge in [0.25, 0.3) is 0 Å². The molecule has 68 valence electrons. The molecular formula is C11H19N. The maximum absolute atomic E-state index is 2.83. The predicted octanol–water partition coefficient (Wildman–Crippen LogP) is 2.27. The van der Waals surface area contributed by atoms with Crippen LogP contribution in [0.1, 0.15) is 39.0 Å². The van der Waals surface area contributed by atoms with E-state index >= 15 is 0 Å². The van der Waals surface area contributed by atoms with Gasteiger partial charge in [-0.15, -0.1) is 0 Å². The van der Waals surface area contributed by atoms with Crippen LogP contribution in [0.15, 0.2) is 0 Å². The average molecular weight is 165 g/mol. The van der Waals surface area contributed by atoms with Crippen LogP contribution in [0.25, 0.3) is 0 Å². The van der Waals surface area contributed by atoms with Crippen LogP contribution in [0.2, 0.25) is 0 Å². The predicted molar refractivity (Wildman–Crippen MR) is 50.0 cm³/mol. The molecule has 0 aromatic carbocycles. The van der Waals surface area contributed by atoms with Crippen molar-refractivity contribution in [3.63, 3.8) is 0 Å². The van der Waals surface area contributed by atoms with E-state index in [-0.39, 0.29) is 0 Å². The van der Waals surface area contributed by atoms with Crippen LogP contribution in [0.5, 0.6) is 0 Å². The molecule has 12 heavy (non-hydrogen) atoms. The third-order valence-electron chi connectivity index (χ3n) is 4.33. The van der Waals surface area contributed by atoms with Gasteiger partial charge in [-0.1, -0.05) is 6.92 Å². The highest BCUT2D eigenvalue weighted by molar-refractivity contribution is 4.98. The zero-order valence-electron chi connectivity index (χ0n) is 8.00. The summed E-state index contributed by atoms with van der Waals surface area (Å²) in [5, 5.41) is 0. The number of hydrogen-bond donors (Lipinski definition) is 0. The normalized spacial score (nSPS) is 51.8. The van der Waals surface area contributed by atoms with Crippen molar-refractivity contribution in [2.75, 3.05) is 6.54 Å². The van der Waals surface area contributed by atoms with Crippen LogP contribution in [0, 0.1) is 11.8 Å². The van der Waals surface area contributed by atoms with E-state index in [4.69, 9.17) is 0 Å². The van der Waals surface area contributed by atoms with Crippen LogP contribution in [0.4, 0.5) is 0 Å². The quantitative estimate of drug-likeness (QED) is 0.606. The monoisotopic (exact) mass is 165 g/mol. The highest BCUT2D eigenvalue weighted by Gasteiger charge is 2.43. The molecule has 3 fully saturated rings. The molecule has 1 heteroatoms. The summed E-state index contributed by atoms with van der Waals surface area (Å²) in [5.41, 5.74) is 0. The average Bonchev–Trinajstić information content (AvgIpc) is 2.53. The molecule has 1 saturated carbocycles. The number of nitrogens with zero attached hydrogens (tertiary/aromatic N) is 1. The molecule has 2 saturated heterocycles. The second kappa shape index (κ2) is 2.47. The fourth-order valence-electron chi connectivity index (χ4n) is 3.24. The zero-order valence-corrected chi connectivity index (χ0v) is 8.00. The van der Waals surface area contributed by atoms with Crippen molar-refractivity contribution in [2.24, 2.45) is 11.8 Å². The fourth-order valence-corrected chi connectivity index (χ4v) is 3.24. The highest BCUT2D eigenvalue weighted by Crippen LogP contribution is 2.44. The summed E-state index contributed by atoms with van der Waals surface area (Å²) >= 11 is 0. The van der Waals surface area contributed by atoms with Crippen molar-refractivity contribution in [2.45, 2.75) is 51.1 Å². The van der Waals surface area contributed by atoms with E-state index in [1.165, 1.54) is 38.6 Å². The molecule has 3 rings (SSSR count). The molecule has 0 spiro atoms. The van der Waals surface area contributed by atoms with E-state index in [0.717, 1.165) is 23.9 Å². The van der Waals surface area contributed by atoms with Crippen molar-refractivity contribution in [1.82, 2.24) is 4.90 Å². The van der Waals surface area contributed by atoms with Gasteiger partial charge < -0.3 is 0 Å². The minimum Gasteiger partial charge on any atom is -0.297 e. The Morgan fingerprint density at radius 3 is 2.00 bits per heavy atom. The van der Waals surface area contributed by atoms with Crippen molar-refractivity contribution in [1.29, 1.82) is 0 Å². The molecule has 2 bridgehead atoms. The molecule has 2 unspecified atom stereocenters. The molecule has 2 aliphatic heterocycles. The maximum Gasteiger partial charge on any atom is 0.00994 e. The Balaban J connectivity index is 1.62. The standard InChI is InChI=1S/C11H19N/c1-8-6-9(8)7-12-10-2-3-11(12)5-4-10/h8-11H,2-7H2,1H3. The van der Waals surface area contributed by atoms with Gasteiger partial charge in [0.2, 0.25) is 0 Å². The van der Waals surface area contributed by atoms with Gasteiger partial charge in [-0.2, -0.15) is 0 Å². The molecule has 2 atom stereocenters. The first-order chi connectivity index (χ1) is 5.84. The third-order valence-corrected chi connectivity index (χ3v) is 4.33. The van der Waals surface area contributed by atoms with E-state index in [2.05, 4.69) is 11.8 Å². The van der Waals surface area contributed by atoms with Crippen molar-refractivity contribution < 1.29 is 0 Å². The van der Waals surface area contributed by atoms with E-state index < -0.39 is 0 Å². The lowest BCUT2D eigenvalue weighted by atomic mass is 10.0. The van der Waals surface area contributed by atoms with Crippen LogP contribution < -0.4 is 0 Å². The Morgan fingerprint density at radius 1 is 1.08 bits per heavy atom. The largest absolute Gasteiger partial charge is 0.297 e. The minimum absolute atomic E-state index is 1.00. The zero-order chi connectivity index (χ0) is 8.13. The molecule has 1 aliphatic carbocycles. The summed E-state index contributed by atoms with van der Waals surface area (Å²) in [4.78, 5) is 2.83. The van der Waals surface area contributed by atoms with Crippen LogP contribution in [0.3, 0.4) is 0 Å². The lowest BCUT2D eigenvalue weighted by Crippen LogP contribution is -2.30. The topological polar surface area (TPSA) is 3.24 Å². The minimum atomic E-state index is 1.00. The summed E-state index contributed by atoms with van der Waals surface area (Å²) < 4.78 is 0. The number of rotatable bonds is 2. The third kappa shape index (κ3) is 1.02. The van der Waals surface area contributed by atoms with Crippen LogP contribution in [-0.4, -0.2) is 23.5 Å². The molecule has 0 aromatic rings. The fraction of sp³-hybridized carbons (Fsp3) is 1.00. The molecular weight excluding hydrogens is 146 g/mol. The number of fused-ring (bicyclic) bond motifs is 2. The summed E-state index contributed by atoms with van der Waals surface area (Å²) in [6.07, 6.45) is 7.53. The van der Waals surface area contributed by atoms with E-state index in [1.807, 2.05) is 0 Å². The molecule has 0 radical (unpaired) electrons. The Bertz CT molecular complexity index is 169. The van der Waals surface area contributed by atoms with Crippen molar-refractivity contribution in [3.8, 4) is 0 Å². The summed E-state index contributed by atoms with van der Waals surface area (Å²) in [6.45, 7) is 3.85. The van der Waals surface area contributed by atoms with Crippen LogP contribution >= 0.6 is 0 Å². The lowest BCUT2D eigenvalue weighted by molar-refractivity contribution is 0.238. The van der Waals surface area contributed by atoms with E-state index in [0.29, 0.717) is 0 Å². The van der Waals surface area contributed by atoms with Gasteiger partial charge in [0.1, 0.15) is 0 Å².